The summed E-state index contributed by atoms with van der Waals surface area (Å²) in [5.74, 6) is -1.30. The van der Waals surface area contributed by atoms with E-state index in [1.807, 2.05) is 0 Å². The molecular weight excluding hydrogens is 382 g/mol. The summed E-state index contributed by atoms with van der Waals surface area (Å²) in [6.45, 7) is 1.41. The quantitative estimate of drug-likeness (QED) is 0.763. The van der Waals surface area contributed by atoms with Gasteiger partial charge >= 0.3 is 0 Å². The maximum atomic E-state index is 13.1. The highest BCUT2D eigenvalue weighted by Crippen LogP contribution is 2.32. The van der Waals surface area contributed by atoms with E-state index in [4.69, 9.17) is 0 Å². The zero-order valence-corrected chi connectivity index (χ0v) is 16.7. The number of imide groups is 1. The fourth-order valence-corrected chi connectivity index (χ4v) is 4.30. The third-order valence-electron chi connectivity index (χ3n) is 5.71. The molecule has 1 fully saturated rings. The summed E-state index contributed by atoms with van der Waals surface area (Å²) in [6, 6.07) is 13.3. The molecule has 7 nitrogen and oxygen atoms in total. The van der Waals surface area contributed by atoms with Gasteiger partial charge in [-0.05, 0) is 43.2 Å². The van der Waals surface area contributed by atoms with Crippen molar-refractivity contribution >= 4 is 35.0 Å². The van der Waals surface area contributed by atoms with Crippen LogP contribution < -0.4 is 15.5 Å². The van der Waals surface area contributed by atoms with Crippen LogP contribution in [-0.2, 0) is 9.59 Å². The van der Waals surface area contributed by atoms with Gasteiger partial charge in [0.2, 0.25) is 11.8 Å². The maximum Gasteiger partial charge on any atom is 0.266 e. The van der Waals surface area contributed by atoms with Crippen molar-refractivity contribution in [2.45, 2.75) is 44.6 Å². The van der Waals surface area contributed by atoms with Crippen molar-refractivity contribution in [3.63, 3.8) is 0 Å². The van der Waals surface area contributed by atoms with Crippen molar-refractivity contribution < 1.29 is 19.2 Å². The molecule has 1 saturated carbocycles. The molecule has 2 aliphatic rings. The standard InChI is InChI=1S/C23H23N3O4/c1-15(27)25-23(12-5-2-6-13-23)22(30)24-16-8-7-9-17(14-16)26-20(28)18-10-3-4-11-19(18)21(26)29/h3-4,7-11,14H,2,5-6,12-13H2,1H3,(H,24,30)(H,25,27). The van der Waals surface area contributed by atoms with Crippen LogP contribution in [0.4, 0.5) is 11.4 Å². The predicted molar refractivity (Wildman–Crippen MR) is 112 cm³/mol. The molecule has 2 N–H and O–H groups in total. The number of nitrogens with zero attached hydrogens (tertiary/aromatic N) is 1. The number of hydrogen-bond donors (Lipinski definition) is 2. The summed E-state index contributed by atoms with van der Waals surface area (Å²) in [6.07, 6.45) is 3.92. The highest BCUT2D eigenvalue weighted by molar-refractivity contribution is 6.34. The summed E-state index contributed by atoms with van der Waals surface area (Å²) in [5, 5.41) is 5.71. The smallest absolute Gasteiger partial charge is 0.266 e. The van der Waals surface area contributed by atoms with E-state index in [-0.39, 0.29) is 23.6 Å². The second-order valence-corrected chi connectivity index (χ2v) is 7.82. The Balaban J connectivity index is 1.58. The first-order chi connectivity index (χ1) is 14.4. The topological polar surface area (TPSA) is 95.6 Å². The van der Waals surface area contributed by atoms with Crippen LogP contribution in [0.5, 0.6) is 0 Å². The summed E-state index contributed by atoms with van der Waals surface area (Å²) < 4.78 is 0. The minimum Gasteiger partial charge on any atom is -0.342 e. The Morgan fingerprint density at radius 3 is 2.13 bits per heavy atom. The molecule has 0 saturated heterocycles. The van der Waals surface area contributed by atoms with Gasteiger partial charge in [0, 0.05) is 12.6 Å². The summed E-state index contributed by atoms with van der Waals surface area (Å²) in [5.41, 5.74) is 0.642. The molecular formula is C23H23N3O4. The number of carbonyl (C=O) groups excluding carboxylic acids is 4. The number of fused-ring (bicyclic) bond motifs is 1. The van der Waals surface area contributed by atoms with Gasteiger partial charge < -0.3 is 10.6 Å². The molecule has 0 radical (unpaired) electrons. The Morgan fingerprint density at radius 1 is 0.900 bits per heavy atom. The second kappa shape index (κ2) is 7.74. The molecule has 1 aliphatic carbocycles. The lowest BCUT2D eigenvalue weighted by Gasteiger charge is -2.36. The molecule has 4 rings (SSSR count). The van der Waals surface area contributed by atoms with Gasteiger partial charge in [0.15, 0.2) is 0 Å². The molecule has 2 aromatic rings. The van der Waals surface area contributed by atoms with Crippen molar-refractivity contribution in [1.29, 1.82) is 0 Å². The first-order valence-corrected chi connectivity index (χ1v) is 10.1. The Morgan fingerprint density at radius 2 is 1.53 bits per heavy atom. The number of hydrogen-bond acceptors (Lipinski definition) is 4. The molecule has 154 valence electrons. The van der Waals surface area contributed by atoms with Crippen LogP contribution in [0.3, 0.4) is 0 Å². The van der Waals surface area contributed by atoms with Crippen LogP contribution >= 0.6 is 0 Å². The molecule has 0 bridgehead atoms. The van der Waals surface area contributed by atoms with Crippen LogP contribution in [0.2, 0.25) is 0 Å². The van der Waals surface area contributed by atoms with Gasteiger partial charge in [0.1, 0.15) is 5.54 Å². The Labute approximate surface area is 174 Å². The second-order valence-electron chi connectivity index (χ2n) is 7.82. The van der Waals surface area contributed by atoms with Gasteiger partial charge in [-0.15, -0.1) is 0 Å². The number of rotatable bonds is 4. The molecule has 1 heterocycles. The van der Waals surface area contributed by atoms with Crippen molar-refractivity contribution in [2.24, 2.45) is 0 Å². The minimum absolute atomic E-state index is 0.244. The average molecular weight is 405 g/mol. The van der Waals surface area contributed by atoms with Gasteiger partial charge in [-0.2, -0.15) is 0 Å². The minimum atomic E-state index is -0.935. The maximum absolute atomic E-state index is 13.1. The molecule has 0 unspecified atom stereocenters. The Bertz CT molecular complexity index is 1010. The van der Waals surface area contributed by atoms with Gasteiger partial charge in [-0.3, -0.25) is 19.2 Å². The van der Waals surface area contributed by atoms with Crippen molar-refractivity contribution in [3.05, 3.63) is 59.7 Å². The van der Waals surface area contributed by atoms with Crippen molar-refractivity contribution in [3.8, 4) is 0 Å². The SMILES string of the molecule is CC(=O)NC1(C(=O)Nc2cccc(N3C(=O)c4ccccc4C3=O)c2)CCCCC1. The van der Waals surface area contributed by atoms with Crippen molar-refractivity contribution in [2.75, 3.05) is 10.2 Å². The Kier molecular flexibility index (Phi) is 5.11. The molecule has 4 amide bonds. The number of anilines is 2. The third kappa shape index (κ3) is 3.47. The van der Waals surface area contributed by atoms with E-state index in [1.165, 1.54) is 6.92 Å². The fraction of sp³-hybridized carbons (Fsp3) is 0.304. The molecule has 7 heteroatoms. The highest BCUT2D eigenvalue weighted by atomic mass is 16.2. The van der Waals surface area contributed by atoms with Crippen LogP contribution in [0.25, 0.3) is 0 Å². The number of carbonyl (C=O) groups is 4. The Hall–Kier alpha value is -3.48. The van der Waals surface area contributed by atoms with Gasteiger partial charge in [-0.1, -0.05) is 37.5 Å². The van der Waals surface area contributed by atoms with E-state index in [1.54, 1.807) is 48.5 Å². The summed E-state index contributed by atoms with van der Waals surface area (Å²) in [4.78, 5) is 51.4. The lowest BCUT2D eigenvalue weighted by molar-refractivity contribution is -0.130. The largest absolute Gasteiger partial charge is 0.342 e. The molecule has 0 aromatic heterocycles. The predicted octanol–water partition coefficient (Wildman–Crippen LogP) is 3.26. The summed E-state index contributed by atoms with van der Waals surface area (Å²) >= 11 is 0. The van der Waals surface area contributed by atoms with E-state index in [2.05, 4.69) is 10.6 Å². The zero-order valence-electron chi connectivity index (χ0n) is 16.7. The van der Waals surface area contributed by atoms with Crippen LogP contribution in [0.1, 0.15) is 59.7 Å². The monoisotopic (exact) mass is 405 g/mol. The number of nitrogens with one attached hydrogen (secondary N) is 2. The van der Waals surface area contributed by atoms with Gasteiger partial charge in [-0.25, -0.2) is 4.90 Å². The number of amides is 4. The van der Waals surface area contributed by atoms with E-state index in [0.717, 1.165) is 24.2 Å². The van der Waals surface area contributed by atoms with E-state index in [0.29, 0.717) is 35.3 Å². The van der Waals surface area contributed by atoms with Crippen molar-refractivity contribution in [1.82, 2.24) is 5.32 Å². The van der Waals surface area contributed by atoms with Crippen LogP contribution in [0, 0.1) is 0 Å². The van der Waals surface area contributed by atoms with Crippen LogP contribution in [0.15, 0.2) is 48.5 Å². The lowest BCUT2D eigenvalue weighted by Crippen LogP contribution is -2.57. The highest BCUT2D eigenvalue weighted by Gasteiger charge is 2.40. The normalized spacial score (nSPS) is 17.4. The van der Waals surface area contributed by atoms with E-state index in [9.17, 15) is 19.2 Å². The lowest BCUT2D eigenvalue weighted by atomic mass is 9.80. The molecule has 0 spiro atoms. The fourth-order valence-electron chi connectivity index (χ4n) is 4.30. The van der Waals surface area contributed by atoms with Crippen LogP contribution in [-0.4, -0.2) is 29.2 Å². The van der Waals surface area contributed by atoms with Gasteiger partial charge in [0.05, 0.1) is 16.8 Å². The van der Waals surface area contributed by atoms with E-state index >= 15 is 0 Å². The van der Waals surface area contributed by atoms with Gasteiger partial charge in [0.25, 0.3) is 11.8 Å². The molecule has 30 heavy (non-hydrogen) atoms. The third-order valence-corrected chi connectivity index (χ3v) is 5.71. The molecule has 0 atom stereocenters. The molecule has 2 aromatic carbocycles. The van der Waals surface area contributed by atoms with E-state index < -0.39 is 5.54 Å². The zero-order chi connectivity index (χ0) is 21.3. The first kappa shape index (κ1) is 19.8. The first-order valence-electron chi connectivity index (χ1n) is 10.1. The molecule has 1 aliphatic heterocycles. The summed E-state index contributed by atoms with van der Waals surface area (Å²) in [7, 11) is 0. The average Bonchev–Trinajstić information content (AvgIpc) is 2.99. The number of benzene rings is 2.